The lowest BCUT2D eigenvalue weighted by molar-refractivity contribution is 0.112. The van der Waals surface area contributed by atoms with Gasteiger partial charge in [-0.1, -0.05) is 24.3 Å². The molecule has 2 nitrogen and oxygen atoms in total. The van der Waals surface area contributed by atoms with Crippen LogP contribution in [-0.2, 0) is 6.61 Å². The minimum atomic E-state index is -0.382. The fraction of sp³-hybridized carbons (Fsp3) is 0.133. The highest BCUT2D eigenvalue weighted by Gasteiger charge is 2.04. The Morgan fingerprint density at radius 2 is 2.06 bits per heavy atom. The molecule has 2 aromatic rings. The molecule has 0 aromatic heterocycles. The Morgan fingerprint density at radius 3 is 2.83 bits per heavy atom. The summed E-state index contributed by atoms with van der Waals surface area (Å²) in [6, 6.07) is 11.8. The lowest BCUT2D eigenvalue weighted by Gasteiger charge is -2.08. The molecule has 18 heavy (non-hydrogen) atoms. The maximum atomic E-state index is 13.4. The maximum Gasteiger partial charge on any atom is 0.165 e. The Kier molecular flexibility index (Phi) is 3.72. The van der Waals surface area contributed by atoms with Gasteiger partial charge in [0.1, 0.15) is 12.9 Å². The largest absolute Gasteiger partial charge is 0.486 e. The van der Waals surface area contributed by atoms with Crippen molar-refractivity contribution in [1.29, 1.82) is 0 Å². The fourth-order valence-corrected chi connectivity index (χ4v) is 1.64. The van der Waals surface area contributed by atoms with Crippen LogP contribution >= 0.6 is 0 Å². The number of carbonyl (C=O) groups is 1. The van der Waals surface area contributed by atoms with Gasteiger partial charge in [-0.25, -0.2) is 4.39 Å². The van der Waals surface area contributed by atoms with Crippen LogP contribution in [0.2, 0.25) is 0 Å². The lowest BCUT2D eigenvalue weighted by atomic mass is 10.1. The molecule has 0 aliphatic heterocycles. The highest BCUT2D eigenvalue weighted by Crippen LogP contribution is 2.19. The van der Waals surface area contributed by atoms with Gasteiger partial charge >= 0.3 is 0 Å². The third kappa shape index (κ3) is 2.94. The molecular weight excluding hydrogens is 231 g/mol. The molecular formula is C15H13FO2. The van der Waals surface area contributed by atoms with Gasteiger partial charge < -0.3 is 4.74 Å². The van der Waals surface area contributed by atoms with E-state index in [2.05, 4.69) is 0 Å². The van der Waals surface area contributed by atoms with E-state index in [1.165, 1.54) is 6.07 Å². The molecule has 0 aliphatic rings. The quantitative estimate of drug-likeness (QED) is 0.769. The van der Waals surface area contributed by atoms with E-state index < -0.39 is 0 Å². The van der Waals surface area contributed by atoms with E-state index in [9.17, 15) is 9.18 Å². The van der Waals surface area contributed by atoms with Crippen molar-refractivity contribution in [2.45, 2.75) is 13.5 Å². The second-order valence-corrected chi connectivity index (χ2v) is 4.09. The van der Waals surface area contributed by atoms with Gasteiger partial charge in [-0.3, -0.25) is 4.79 Å². The third-order valence-electron chi connectivity index (χ3n) is 2.57. The highest BCUT2D eigenvalue weighted by atomic mass is 19.1. The topological polar surface area (TPSA) is 26.3 Å². The molecule has 0 fully saturated rings. The number of benzene rings is 2. The van der Waals surface area contributed by atoms with Crippen LogP contribution in [0.3, 0.4) is 0 Å². The molecule has 0 aliphatic carbocycles. The van der Waals surface area contributed by atoms with Crippen LogP contribution in [0, 0.1) is 12.7 Å². The minimum absolute atomic E-state index is 0.228. The van der Waals surface area contributed by atoms with Crippen molar-refractivity contribution in [3.8, 4) is 5.75 Å². The zero-order valence-electron chi connectivity index (χ0n) is 10.0. The van der Waals surface area contributed by atoms with Gasteiger partial charge in [0.05, 0.1) is 0 Å². The summed E-state index contributed by atoms with van der Waals surface area (Å²) in [5.74, 6) is -0.154. The first-order valence-corrected chi connectivity index (χ1v) is 5.62. The van der Waals surface area contributed by atoms with Crippen molar-refractivity contribution >= 4 is 6.29 Å². The first-order valence-electron chi connectivity index (χ1n) is 5.62. The number of hydrogen-bond acceptors (Lipinski definition) is 2. The zero-order chi connectivity index (χ0) is 13.0. The average molecular weight is 244 g/mol. The van der Waals surface area contributed by atoms with Crippen molar-refractivity contribution < 1.29 is 13.9 Å². The van der Waals surface area contributed by atoms with E-state index in [1.807, 2.05) is 13.0 Å². The van der Waals surface area contributed by atoms with Crippen molar-refractivity contribution in [1.82, 2.24) is 0 Å². The Morgan fingerprint density at radius 1 is 1.22 bits per heavy atom. The summed E-state index contributed by atoms with van der Waals surface area (Å²) in [6.45, 7) is 2.11. The van der Waals surface area contributed by atoms with Gasteiger partial charge in [0.2, 0.25) is 0 Å². The molecule has 92 valence electrons. The van der Waals surface area contributed by atoms with Crippen molar-refractivity contribution in [3.05, 3.63) is 65.0 Å². The minimum Gasteiger partial charge on any atom is -0.486 e. The average Bonchev–Trinajstić information content (AvgIpc) is 2.40. The maximum absolute atomic E-state index is 13.4. The first kappa shape index (κ1) is 12.3. The van der Waals surface area contributed by atoms with Crippen LogP contribution in [0.4, 0.5) is 4.39 Å². The van der Waals surface area contributed by atoms with Gasteiger partial charge in [0.25, 0.3) is 0 Å². The van der Waals surface area contributed by atoms with E-state index in [-0.39, 0.29) is 18.2 Å². The lowest BCUT2D eigenvalue weighted by Crippen LogP contribution is -1.98. The second kappa shape index (κ2) is 5.45. The van der Waals surface area contributed by atoms with Crippen LogP contribution in [0.15, 0.2) is 42.5 Å². The van der Waals surface area contributed by atoms with Crippen LogP contribution in [0.25, 0.3) is 0 Å². The Balaban J connectivity index is 2.11. The van der Waals surface area contributed by atoms with E-state index in [0.717, 1.165) is 17.4 Å². The summed E-state index contributed by atoms with van der Waals surface area (Å²) >= 11 is 0. The summed E-state index contributed by atoms with van der Waals surface area (Å²) in [6.07, 6.45) is 0.775. The molecule has 2 aromatic carbocycles. The van der Waals surface area contributed by atoms with Gasteiger partial charge in [0, 0.05) is 5.56 Å². The highest BCUT2D eigenvalue weighted by molar-refractivity contribution is 5.74. The molecule has 0 heterocycles. The molecule has 3 heteroatoms. The predicted octanol–water partition coefficient (Wildman–Crippen LogP) is 3.53. The van der Waals surface area contributed by atoms with Crippen molar-refractivity contribution in [2.75, 3.05) is 0 Å². The molecule has 2 rings (SSSR count). The van der Waals surface area contributed by atoms with Crippen molar-refractivity contribution in [3.63, 3.8) is 0 Å². The molecule has 0 N–H and O–H groups in total. The molecule has 0 saturated carbocycles. The molecule has 0 unspecified atom stereocenters. The van der Waals surface area contributed by atoms with Crippen LogP contribution in [0.5, 0.6) is 5.75 Å². The van der Waals surface area contributed by atoms with Crippen molar-refractivity contribution in [2.24, 2.45) is 0 Å². The van der Waals surface area contributed by atoms with E-state index in [4.69, 9.17) is 4.74 Å². The molecule has 0 spiro atoms. The molecule has 0 saturated heterocycles. The molecule has 0 atom stereocenters. The zero-order valence-corrected chi connectivity index (χ0v) is 10.0. The molecule has 0 bridgehead atoms. The molecule has 0 amide bonds. The number of rotatable bonds is 4. The number of hydrogen-bond donors (Lipinski definition) is 0. The SMILES string of the molecule is Cc1ccc(F)c(OCc2cccc(C=O)c2)c1. The predicted molar refractivity (Wildman–Crippen MR) is 67.3 cm³/mol. The normalized spacial score (nSPS) is 10.1. The van der Waals surface area contributed by atoms with Gasteiger partial charge in [-0.2, -0.15) is 0 Å². The first-order chi connectivity index (χ1) is 8.69. The third-order valence-corrected chi connectivity index (χ3v) is 2.57. The second-order valence-electron chi connectivity index (χ2n) is 4.09. The van der Waals surface area contributed by atoms with Gasteiger partial charge in [-0.15, -0.1) is 0 Å². The van der Waals surface area contributed by atoms with E-state index in [0.29, 0.717) is 5.56 Å². The fourth-order valence-electron chi connectivity index (χ4n) is 1.64. The van der Waals surface area contributed by atoms with Gasteiger partial charge in [-0.05, 0) is 36.2 Å². The van der Waals surface area contributed by atoms with E-state index in [1.54, 1.807) is 30.3 Å². The summed E-state index contributed by atoms with van der Waals surface area (Å²) in [5.41, 5.74) is 2.36. The van der Waals surface area contributed by atoms with Crippen LogP contribution in [-0.4, -0.2) is 6.29 Å². The summed E-state index contributed by atoms with van der Waals surface area (Å²) in [4.78, 5) is 10.6. The Bertz CT molecular complexity index is 564. The summed E-state index contributed by atoms with van der Waals surface area (Å²) < 4.78 is 18.8. The van der Waals surface area contributed by atoms with Gasteiger partial charge in [0.15, 0.2) is 11.6 Å². The Labute approximate surface area is 105 Å². The number of halogens is 1. The standard InChI is InChI=1S/C15H13FO2/c1-11-5-6-14(16)15(7-11)18-10-13-4-2-3-12(8-13)9-17/h2-9H,10H2,1H3. The van der Waals surface area contributed by atoms with Crippen LogP contribution in [0.1, 0.15) is 21.5 Å². The molecule has 0 radical (unpaired) electrons. The number of aldehydes is 1. The smallest absolute Gasteiger partial charge is 0.165 e. The summed E-state index contributed by atoms with van der Waals surface area (Å²) in [7, 11) is 0. The number of aryl methyl sites for hydroxylation is 1. The van der Waals surface area contributed by atoms with E-state index >= 15 is 0 Å². The summed E-state index contributed by atoms with van der Waals surface area (Å²) in [5, 5.41) is 0. The monoisotopic (exact) mass is 244 g/mol. The Hall–Kier alpha value is -2.16. The van der Waals surface area contributed by atoms with Crippen LogP contribution < -0.4 is 4.74 Å². The number of carbonyl (C=O) groups excluding carboxylic acids is 1. The number of ether oxygens (including phenoxy) is 1.